The molecule has 172 valence electrons. The van der Waals surface area contributed by atoms with Gasteiger partial charge in [-0.15, -0.1) is 0 Å². The van der Waals surface area contributed by atoms with Crippen molar-refractivity contribution in [3.63, 3.8) is 0 Å². The summed E-state index contributed by atoms with van der Waals surface area (Å²) in [5, 5.41) is 69.2. The number of benzene rings is 2. The first-order chi connectivity index (χ1) is 15.2. The van der Waals surface area contributed by atoms with Crippen molar-refractivity contribution in [3.05, 3.63) is 28.4 Å². The quantitative estimate of drug-likeness (QED) is 0.193. The average molecular weight is 452 g/mol. The number of methoxy groups -OCH3 is 1. The number of ether oxygens (including phenoxy) is 3. The fourth-order valence-corrected chi connectivity index (χ4v) is 3.60. The van der Waals surface area contributed by atoms with Crippen molar-refractivity contribution < 1.29 is 54.4 Å². The molecular formula is C20H20O12. The Hall–Kier alpha value is -3.29. The van der Waals surface area contributed by atoms with Gasteiger partial charge in [0.05, 0.1) is 13.7 Å². The van der Waals surface area contributed by atoms with Crippen LogP contribution in [0.5, 0.6) is 28.7 Å². The van der Waals surface area contributed by atoms with Gasteiger partial charge in [-0.1, -0.05) is 0 Å². The molecule has 4 rings (SSSR count). The van der Waals surface area contributed by atoms with Crippen LogP contribution in [0.25, 0.3) is 21.9 Å². The second-order valence-electron chi connectivity index (χ2n) is 7.19. The van der Waals surface area contributed by atoms with E-state index < -0.39 is 60.0 Å². The maximum Gasteiger partial charge on any atom is 0.229 e. The van der Waals surface area contributed by atoms with Crippen molar-refractivity contribution in [1.82, 2.24) is 0 Å². The maximum atomic E-state index is 12.9. The summed E-state index contributed by atoms with van der Waals surface area (Å²) < 4.78 is 21.6. The number of aliphatic hydroxyl groups excluding tert-OH is 4. The second-order valence-corrected chi connectivity index (χ2v) is 7.19. The highest BCUT2D eigenvalue weighted by Gasteiger charge is 2.45. The molecule has 0 bridgehead atoms. The third-order valence-electron chi connectivity index (χ3n) is 5.25. The van der Waals surface area contributed by atoms with Gasteiger partial charge in [-0.3, -0.25) is 4.79 Å². The Morgan fingerprint density at radius 2 is 1.59 bits per heavy atom. The van der Waals surface area contributed by atoms with E-state index in [0.29, 0.717) is 0 Å². The first kappa shape index (κ1) is 21.9. The fourth-order valence-electron chi connectivity index (χ4n) is 3.60. The van der Waals surface area contributed by atoms with Crippen LogP contribution in [0, 0.1) is 0 Å². The molecule has 1 aliphatic heterocycles. The zero-order valence-corrected chi connectivity index (χ0v) is 16.5. The number of hydrogen-bond donors (Lipinski definition) is 7. The summed E-state index contributed by atoms with van der Waals surface area (Å²) >= 11 is 0. The summed E-state index contributed by atoms with van der Waals surface area (Å²) in [5.74, 6) is -2.11. The predicted molar refractivity (Wildman–Crippen MR) is 106 cm³/mol. The molecule has 0 saturated carbocycles. The SMILES string of the molecule is COc1c(OC2OC(CO)C(O)C(O)C2O)cc(O)c2c(=O)c3c(O)ccc(O)c3oc12. The van der Waals surface area contributed by atoms with Crippen LogP contribution in [-0.2, 0) is 4.74 Å². The van der Waals surface area contributed by atoms with Crippen LogP contribution in [0.4, 0.5) is 0 Å². The molecule has 32 heavy (non-hydrogen) atoms. The van der Waals surface area contributed by atoms with Gasteiger partial charge in [0.2, 0.25) is 17.5 Å². The molecule has 0 radical (unpaired) electrons. The number of hydrogen-bond acceptors (Lipinski definition) is 12. The molecule has 1 aliphatic rings. The monoisotopic (exact) mass is 452 g/mol. The molecule has 5 atom stereocenters. The van der Waals surface area contributed by atoms with Crippen molar-refractivity contribution in [1.29, 1.82) is 0 Å². The Kier molecular flexibility index (Phi) is 5.48. The standard InChI is InChI=1S/C20H20O12/c1-29-18-9(30-20-16(28)15(27)13(25)10(5-21)31-20)4-8(24)12-14(26)11-6(22)2-3-7(23)17(11)32-19(12)18/h2-4,10,13,15-16,20-25,27-28H,5H2,1H3. The van der Waals surface area contributed by atoms with Crippen molar-refractivity contribution in [2.75, 3.05) is 13.7 Å². The van der Waals surface area contributed by atoms with Crippen LogP contribution in [0.3, 0.4) is 0 Å². The highest BCUT2D eigenvalue weighted by molar-refractivity contribution is 6.00. The minimum absolute atomic E-state index is 0.239. The van der Waals surface area contributed by atoms with Crippen LogP contribution in [0.15, 0.2) is 27.4 Å². The molecule has 12 heteroatoms. The normalized spacial score (nSPS) is 25.8. The summed E-state index contributed by atoms with van der Waals surface area (Å²) in [6.45, 7) is -0.686. The molecule has 12 nitrogen and oxygen atoms in total. The third kappa shape index (κ3) is 3.25. The summed E-state index contributed by atoms with van der Waals surface area (Å²) in [6.07, 6.45) is -7.93. The summed E-state index contributed by atoms with van der Waals surface area (Å²) in [6, 6.07) is 3.16. The van der Waals surface area contributed by atoms with Gasteiger partial charge in [-0.25, -0.2) is 0 Å². The first-order valence-electron chi connectivity index (χ1n) is 9.38. The van der Waals surface area contributed by atoms with Crippen LogP contribution in [0.1, 0.15) is 0 Å². The molecule has 3 aromatic rings. The molecule has 5 unspecified atom stereocenters. The van der Waals surface area contributed by atoms with Crippen molar-refractivity contribution in [2.24, 2.45) is 0 Å². The van der Waals surface area contributed by atoms with Gasteiger partial charge in [0.1, 0.15) is 46.7 Å². The summed E-state index contributed by atoms with van der Waals surface area (Å²) in [7, 11) is 1.19. The van der Waals surface area contributed by atoms with E-state index in [1.54, 1.807) is 0 Å². The minimum Gasteiger partial charge on any atom is -0.507 e. The van der Waals surface area contributed by atoms with Crippen molar-refractivity contribution >= 4 is 21.9 Å². The first-order valence-corrected chi connectivity index (χ1v) is 9.38. The highest BCUT2D eigenvalue weighted by atomic mass is 16.7. The Morgan fingerprint density at radius 1 is 0.938 bits per heavy atom. The lowest BCUT2D eigenvalue weighted by Gasteiger charge is -2.39. The molecule has 0 aliphatic carbocycles. The van der Waals surface area contributed by atoms with Crippen LogP contribution in [-0.4, -0.2) is 80.2 Å². The van der Waals surface area contributed by atoms with Gasteiger partial charge in [0.15, 0.2) is 22.7 Å². The number of fused-ring (bicyclic) bond motifs is 2. The van der Waals surface area contributed by atoms with Gasteiger partial charge in [-0.05, 0) is 12.1 Å². The third-order valence-corrected chi connectivity index (χ3v) is 5.25. The lowest BCUT2D eigenvalue weighted by Crippen LogP contribution is -2.60. The van der Waals surface area contributed by atoms with E-state index >= 15 is 0 Å². The number of phenolic OH excluding ortho intramolecular Hbond substituents is 3. The zero-order chi connectivity index (χ0) is 23.3. The van der Waals surface area contributed by atoms with E-state index in [0.717, 1.165) is 18.2 Å². The molecule has 1 aromatic heterocycles. The van der Waals surface area contributed by atoms with E-state index in [1.165, 1.54) is 7.11 Å². The summed E-state index contributed by atoms with van der Waals surface area (Å²) in [4.78, 5) is 12.9. The van der Waals surface area contributed by atoms with E-state index in [1.807, 2.05) is 0 Å². The lowest BCUT2D eigenvalue weighted by molar-refractivity contribution is -0.277. The van der Waals surface area contributed by atoms with Gasteiger partial charge in [0, 0.05) is 6.07 Å². The van der Waals surface area contributed by atoms with Crippen LogP contribution in [0.2, 0.25) is 0 Å². The Bertz CT molecular complexity index is 1230. The predicted octanol–water partition coefficient (Wildman–Crippen LogP) is -0.750. The zero-order valence-electron chi connectivity index (χ0n) is 16.5. The van der Waals surface area contributed by atoms with E-state index in [4.69, 9.17) is 18.6 Å². The molecule has 0 spiro atoms. The van der Waals surface area contributed by atoms with Crippen molar-refractivity contribution in [3.8, 4) is 28.7 Å². The van der Waals surface area contributed by atoms with Gasteiger partial charge >= 0.3 is 0 Å². The smallest absolute Gasteiger partial charge is 0.229 e. The molecule has 1 saturated heterocycles. The Balaban J connectivity index is 1.89. The lowest BCUT2D eigenvalue weighted by atomic mass is 9.99. The van der Waals surface area contributed by atoms with Crippen molar-refractivity contribution in [2.45, 2.75) is 30.7 Å². The molecule has 0 amide bonds. The molecule has 2 heterocycles. The minimum atomic E-state index is -1.75. The molecule has 1 fully saturated rings. The molecular weight excluding hydrogens is 432 g/mol. The Morgan fingerprint density at radius 3 is 2.25 bits per heavy atom. The highest BCUT2D eigenvalue weighted by Crippen LogP contribution is 2.43. The maximum absolute atomic E-state index is 12.9. The summed E-state index contributed by atoms with van der Waals surface area (Å²) in [5.41, 5.74) is -1.57. The number of phenols is 3. The van der Waals surface area contributed by atoms with E-state index in [-0.39, 0.29) is 33.4 Å². The van der Waals surface area contributed by atoms with Gasteiger partial charge < -0.3 is 54.4 Å². The second kappa shape index (κ2) is 8.00. The molecule has 2 aromatic carbocycles. The Labute approximate surface area is 178 Å². The fraction of sp³-hybridized carbons (Fsp3) is 0.350. The number of rotatable bonds is 4. The van der Waals surface area contributed by atoms with Gasteiger partial charge in [0.25, 0.3) is 0 Å². The van der Waals surface area contributed by atoms with E-state index in [2.05, 4.69) is 0 Å². The van der Waals surface area contributed by atoms with E-state index in [9.17, 15) is 40.5 Å². The average Bonchev–Trinajstić information content (AvgIpc) is 2.76. The topological polar surface area (TPSA) is 200 Å². The molecule has 7 N–H and O–H groups in total. The number of aromatic hydroxyl groups is 3. The van der Waals surface area contributed by atoms with Crippen LogP contribution >= 0.6 is 0 Å². The van der Waals surface area contributed by atoms with Crippen LogP contribution < -0.4 is 14.9 Å². The number of aliphatic hydroxyl groups is 4. The largest absolute Gasteiger partial charge is 0.507 e. The van der Waals surface area contributed by atoms with Gasteiger partial charge in [-0.2, -0.15) is 0 Å².